The van der Waals surface area contributed by atoms with Crippen molar-refractivity contribution in [3.05, 3.63) is 15.6 Å². The van der Waals surface area contributed by atoms with E-state index in [2.05, 4.69) is 4.98 Å². The van der Waals surface area contributed by atoms with Crippen LogP contribution in [-0.2, 0) is 9.53 Å². The van der Waals surface area contributed by atoms with E-state index >= 15 is 0 Å². The lowest BCUT2D eigenvalue weighted by molar-refractivity contribution is -0.144. The zero-order valence-corrected chi connectivity index (χ0v) is 14.7. The van der Waals surface area contributed by atoms with E-state index in [-0.39, 0.29) is 11.8 Å². The third kappa shape index (κ3) is 2.87. The molecule has 6 nitrogen and oxygen atoms in total. The van der Waals surface area contributed by atoms with Crippen LogP contribution in [0.3, 0.4) is 0 Å². The number of amides is 2. The first-order chi connectivity index (χ1) is 10.9. The third-order valence-corrected chi connectivity index (χ3v) is 5.80. The number of thiazole rings is 1. The molecule has 3 rings (SSSR count). The fraction of sp³-hybridized carbons (Fsp3) is 0.688. The Morgan fingerprint density at radius 2 is 1.91 bits per heavy atom. The highest BCUT2D eigenvalue weighted by atomic mass is 32.1. The van der Waals surface area contributed by atoms with Gasteiger partial charge in [-0.1, -0.05) is 0 Å². The SMILES string of the molecule is Cc1nc(C)c(C(=O)N2CCCC2(C)C(=O)N2CCOCC2)s1. The van der Waals surface area contributed by atoms with Crippen molar-refractivity contribution in [3.8, 4) is 0 Å². The molecule has 0 saturated carbocycles. The van der Waals surface area contributed by atoms with Crippen LogP contribution in [0, 0.1) is 13.8 Å². The van der Waals surface area contributed by atoms with E-state index in [1.165, 1.54) is 11.3 Å². The van der Waals surface area contributed by atoms with Gasteiger partial charge in [-0.2, -0.15) is 0 Å². The highest BCUT2D eigenvalue weighted by Gasteiger charge is 2.48. The maximum Gasteiger partial charge on any atom is 0.266 e. The molecule has 2 saturated heterocycles. The second kappa shape index (κ2) is 6.20. The molecule has 0 aliphatic carbocycles. The molecule has 2 fully saturated rings. The van der Waals surface area contributed by atoms with Crippen molar-refractivity contribution in [2.75, 3.05) is 32.8 Å². The first kappa shape index (κ1) is 16.4. The van der Waals surface area contributed by atoms with Crippen molar-refractivity contribution in [3.63, 3.8) is 0 Å². The summed E-state index contributed by atoms with van der Waals surface area (Å²) >= 11 is 1.41. The molecule has 1 atom stereocenters. The minimum atomic E-state index is -0.751. The molecule has 1 unspecified atom stereocenters. The van der Waals surface area contributed by atoms with Gasteiger partial charge in [0.05, 0.1) is 23.9 Å². The number of hydrogen-bond donors (Lipinski definition) is 0. The zero-order chi connectivity index (χ0) is 16.6. The molecule has 7 heteroatoms. The van der Waals surface area contributed by atoms with E-state index in [4.69, 9.17) is 4.74 Å². The van der Waals surface area contributed by atoms with E-state index in [0.29, 0.717) is 44.1 Å². The first-order valence-corrected chi connectivity index (χ1v) is 8.88. The minimum Gasteiger partial charge on any atom is -0.378 e. The number of rotatable bonds is 2. The second-order valence-corrected chi connectivity index (χ2v) is 7.59. The van der Waals surface area contributed by atoms with Gasteiger partial charge in [0.25, 0.3) is 5.91 Å². The lowest BCUT2D eigenvalue weighted by atomic mass is 9.96. The number of hydrogen-bond acceptors (Lipinski definition) is 5. The Balaban J connectivity index is 1.85. The van der Waals surface area contributed by atoms with Gasteiger partial charge in [0.1, 0.15) is 10.4 Å². The van der Waals surface area contributed by atoms with Crippen molar-refractivity contribution in [2.45, 2.75) is 39.2 Å². The number of morpholine rings is 1. The highest BCUT2D eigenvalue weighted by molar-refractivity contribution is 7.13. The molecular weight excluding hydrogens is 314 g/mol. The van der Waals surface area contributed by atoms with E-state index in [9.17, 15) is 9.59 Å². The number of carbonyl (C=O) groups is 2. The lowest BCUT2D eigenvalue weighted by Crippen LogP contribution is -2.58. The Hall–Kier alpha value is -1.47. The predicted molar refractivity (Wildman–Crippen MR) is 87.7 cm³/mol. The van der Waals surface area contributed by atoms with E-state index < -0.39 is 5.54 Å². The molecule has 126 valence electrons. The van der Waals surface area contributed by atoms with E-state index in [1.807, 2.05) is 25.7 Å². The summed E-state index contributed by atoms with van der Waals surface area (Å²) in [5.41, 5.74) is 0.00393. The van der Waals surface area contributed by atoms with Crippen LogP contribution in [0.5, 0.6) is 0 Å². The number of aryl methyl sites for hydroxylation is 2. The Bertz CT molecular complexity index is 624. The topological polar surface area (TPSA) is 62.7 Å². The summed E-state index contributed by atoms with van der Waals surface area (Å²) in [6.07, 6.45) is 1.57. The van der Waals surface area contributed by atoms with E-state index in [1.54, 1.807) is 4.90 Å². The summed E-state index contributed by atoms with van der Waals surface area (Å²) in [6.45, 7) is 8.64. The maximum absolute atomic E-state index is 13.0. The first-order valence-electron chi connectivity index (χ1n) is 8.06. The second-order valence-electron chi connectivity index (χ2n) is 6.39. The van der Waals surface area contributed by atoms with Gasteiger partial charge >= 0.3 is 0 Å². The van der Waals surface area contributed by atoms with Crippen LogP contribution in [0.15, 0.2) is 0 Å². The monoisotopic (exact) mass is 337 g/mol. The van der Waals surface area contributed by atoms with Gasteiger partial charge in [-0.25, -0.2) is 4.98 Å². The summed E-state index contributed by atoms with van der Waals surface area (Å²) in [5, 5.41) is 0.881. The molecule has 2 amide bonds. The maximum atomic E-state index is 13.0. The van der Waals surface area contributed by atoms with Gasteiger partial charge in [0.15, 0.2) is 0 Å². The van der Waals surface area contributed by atoms with Gasteiger partial charge in [0, 0.05) is 19.6 Å². The fourth-order valence-corrected chi connectivity index (χ4v) is 4.34. The van der Waals surface area contributed by atoms with Crippen LogP contribution in [-0.4, -0.2) is 65.0 Å². The van der Waals surface area contributed by atoms with Gasteiger partial charge < -0.3 is 14.5 Å². The molecule has 23 heavy (non-hydrogen) atoms. The van der Waals surface area contributed by atoms with Crippen molar-refractivity contribution in [1.29, 1.82) is 0 Å². The molecule has 1 aromatic rings. The number of likely N-dealkylation sites (tertiary alicyclic amines) is 1. The summed E-state index contributed by atoms with van der Waals surface area (Å²) in [5.74, 6) is -0.0137. The van der Waals surface area contributed by atoms with Crippen molar-refractivity contribution < 1.29 is 14.3 Å². The standard InChI is InChI=1S/C16H23N3O3S/c1-11-13(23-12(2)17-11)14(20)19-6-4-5-16(19,3)15(21)18-7-9-22-10-8-18/h4-10H2,1-3H3. The average molecular weight is 337 g/mol. The fourth-order valence-electron chi connectivity index (χ4n) is 3.47. The quantitative estimate of drug-likeness (QED) is 0.823. The molecular formula is C16H23N3O3S. The summed E-state index contributed by atoms with van der Waals surface area (Å²) in [4.78, 5) is 34.6. The third-order valence-electron chi connectivity index (χ3n) is 4.74. The summed E-state index contributed by atoms with van der Waals surface area (Å²) < 4.78 is 5.33. The molecule has 1 aromatic heterocycles. The predicted octanol–water partition coefficient (Wildman–Crippen LogP) is 1.61. The number of aromatic nitrogens is 1. The molecule has 0 bridgehead atoms. The van der Waals surface area contributed by atoms with Gasteiger partial charge in [-0.05, 0) is 33.6 Å². The smallest absolute Gasteiger partial charge is 0.266 e. The Morgan fingerprint density at radius 3 is 2.52 bits per heavy atom. The zero-order valence-electron chi connectivity index (χ0n) is 13.9. The minimum absolute atomic E-state index is 0.0468. The van der Waals surface area contributed by atoms with E-state index in [0.717, 1.165) is 17.1 Å². The molecule has 0 radical (unpaired) electrons. The van der Waals surface area contributed by atoms with Crippen LogP contribution in [0.4, 0.5) is 0 Å². The van der Waals surface area contributed by atoms with Crippen LogP contribution in [0.1, 0.15) is 40.1 Å². The van der Waals surface area contributed by atoms with Crippen molar-refractivity contribution in [2.24, 2.45) is 0 Å². The normalized spacial score (nSPS) is 25.0. The molecule has 0 spiro atoms. The van der Waals surface area contributed by atoms with Crippen molar-refractivity contribution in [1.82, 2.24) is 14.8 Å². The molecule has 0 aromatic carbocycles. The van der Waals surface area contributed by atoms with Crippen molar-refractivity contribution >= 4 is 23.2 Å². The molecule has 0 N–H and O–H groups in total. The van der Waals surface area contributed by atoms with Crippen LogP contribution in [0.2, 0.25) is 0 Å². The Kier molecular flexibility index (Phi) is 4.42. The molecule has 2 aliphatic heterocycles. The lowest BCUT2D eigenvalue weighted by Gasteiger charge is -2.39. The number of carbonyl (C=O) groups excluding carboxylic acids is 2. The number of ether oxygens (including phenoxy) is 1. The average Bonchev–Trinajstić information content (AvgIpc) is 3.10. The van der Waals surface area contributed by atoms with Gasteiger partial charge in [-0.3, -0.25) is 9.59 Å². The van der Waals surface area contributed by atoms with Gasteiger partial charge in [-0.15, -0.1) is 11.3 Å². The molecule has 2 aliphatic rings. The summed E-state index contributed by atoms with van der Waals surface area (Å²) in [6, 6.07) is 0. The molecule has 3 heterocycles. The van der Waals surface area contributed by atoms with Gasteiger partial charge in [0.2, 0.25) is 5.91 Å². The Morgan fingerprint density at radius 1 is 1.22 bits per heavy atom. The van der Waals surface area contributed by atoms with Crippen LogP contribution < -0.4 is 0 Å². The highest BCUT2D eigenvalue weighted by Crippen LogP contribution is 2.34. The van der Waals surface area contributed by atoms with Crippen LogP contribution >= 0.6 is 11.3 Å². The summed E-state index contributed by atoms with van der Waals surface area (Å²) in [7, 11) is 0. The largest absolute Gasteiger partial charge is 0.378 e. The van der Waals surface area contributed by atoms with Crippen LogP contribution in [0.25, 0.3) is 0 Å². The Labute approximate surface area is 140 Å². The number of nitrogens with zero attached hydrogens (tertiary/aromatic N) is 3.